The first kappa shape index (κ1) is 18.2. The van der Waals surface area contributed by atoms with Crippen LogP contribution in [0.4, 0.5) is 5.69 Å². The second kappa shape index (κ2) is 8.68. The van der Waals surface area contributed by atoms with Gasteiger partial charge in [0.15, 0.2) is 13.2 Å². The van der Waals surface area contributed by atoms with Crippen LogP contribution < -0.4 is 5.32 Å². The number of rotatable bonds is 7. The summed E-state index contributed by atoms with van der Waals surface area (Å²) >= 11 is 1.51. The molecule has 1 amide bonds. The lowest BCUT2D eigenvalue weighted by atomic mass is 10.1. The minimum absolute atomic E-state index is 0.243. The van der Waals surface area contributed by atoms with E-state index in [0.29, 0.717) is 17.9 Å². The first-order valence-electron chi connectivity index (χ1n) is 7.86. The number of carbonyl (C=O) groups is 2. The summed E-state index contributed by atoms with van der Waals surface area (Å²) in [7, 11) is 0. The van der Waals surface area contributed by atoms with Crippen molar-refractivity contribution in [1.29, 1.82) is 5.26 Å². The molecule has 0 saturated carbocycles. The average Bonchev–Trinajstić information content (AvgIpc) is 3.33. The van der Waals surface area contributed by atoms with Crippen LogP contribution in [-0.2, 0) is 27.3 Å². The Morgan fingerprint density at radius 3 is 2.78 bits per heavy atom. The molecule has 136 valence electrons. The first-order valence-corrected chi connectivity index (χ1v) is 8.80. The van der Waals surface area contributed by atoms with Crippen molar-refractivity contribution in [2.75, 3.05) is 11.9 Å². The highest BCUT2D eigenvalue weighted by atomic mass is 32.1. The van der Waals surface area contributed by atoms with Gasteiger partial charge in [0.1, 0.15) is 0 Å². The zero-order valence-electron chi connectivity index (χ0n) is 14.0. The number of tetrazole rings is 1. The summed E-state index contributed by atoms with van der Waals surface area (Å²) in [5, 5.41) is 26.7. The van der Waals surface area contributed by atoms with Crippen LogP contribution in [0.1, 0.15) is 5.56 Å². The van der Waals surface area contributed by atoms with Crippen molar-refractivity contribution in [3.8, 4) is 17.5 Å². The number of anilines is 1. The molecular weight excluding hydrogens is 368 g/mol. The van der Waals surface area contributed by atoms with Gasteiger partial charge in [-0.15, -0.1) is 10.2 Å². The van der Waals surface area contributed by atoms with E-state index in [2.05, 4.69) is 20.7 Å². The summed E-state index contributed by atoms with van der Waals surface area (Å²) in [5.41, 5.74) is 2.22. The summed E-state index contributed by atoms with van der Waals surface area (Å²) in [4.78, 5) is 24.8. The van der Waals surface area contributed by atoms with Gasteiger partial charge in [0.25, 0.3) is 5.91 Å². The predicted molar refractivity (Wildman–Crippen MR) is 96.5 cm³/mol. The average molecular weight is 382 g/mol. The quantitative estimate of drug-likeness (QED) is 0.616. The molecule has 0 aliphatic heterocycles. The topological polar surface area (TPSA) is 123 Å². The van der Waals surface area contributed by atoms with Crippen LogP contribution >= 0.6 is 11.3 Å². The molecule has 1 aromatic carbocycles. The third-order valence-electron chi connectivity index (χ3n) is 3.39. The molecule has 1 N–H and O–H groups in total. The minimum Gasteiger partial charge on any atom is -0.454 e. The zero-order valence-corrected chi connectivity index (χ0v) is 14.8. The van der Waals surface area contributed by atoms with Crippen molar-refractivity contribution >= 4 is 28.9 Å². The summed E-state index contributed by atoms with van der Waals surface area (Å²) < 4.78 is 4.92. The molecule has 3 rings (SSSR count). The Balaban J connectivity index is 1.44. The van der Waals surface area contributed by atoms with Crippen LogP contribution in [0.15, 0.2) is 41.1 Å². The molecule has 2 aromatic heterocycles. The fourth-order valence-electron chi connectivity index (χ4n) is 2.12. The van der Waals surface area contributed by atoms with Crippen molar-refractivity contribution in [3.05, 3.63) is 46.7 Å². The van der Waals surface area contributed by atoms with E-state index in [1.807, 2.05) is 22.9 Å². The molecule has 0 unspecified atom stereocenters. The van der Waals surface area contributed by atoms with Crippen molar-refractivity contribution in [2.24, 2.45) is 0 Å². The predicted octanol–water partition coefficient (Wildman–Crippen LogP) is 1.65. The van der Waals surface area contributed by atoms with Gasteiger partial charge in [0, 0.05) is 16.6 Å². The molecule has 0 radical (unpaired) electrons. The summed E-state index contributed by atoms with van der Waals surface area (Å²) in [6, 6.07) is 10.7. The van der Waals surface area contributed by atoms with Gasteiger partial charge in [0.05, 0.1) is 12.5 Å². The molecule has 0 spiro atoms. The molecule has 0 aliphatic carbocycles. The van der Waals surface area contributed by atoms with E-state index in [0.717, 1.165) is 15.9 Å². The molecule has 27 heavy (non-hydrogen) atoms. The van der Waals surface area contributed by atoms with E-state index in [1.165, 1.54) is 11.3 Å². The van der Waals surface area contributed by atoms with E-state index in [1.54, 1.807) is 24.3 Å². The highest BCUT2D eigenvalue weighted by Gasteiger charge is 2.12. The Morgan fingerprint density at radius 1 is 1.26 bits per heavy atom. The summed E-state index contributed by atoms with van der Waals surface area (Å²) in [6.07, 6.45) is 0.302. The van der Waals surface area contributed by atoms with E-state index < -0.39 is 18.5 Å². The van der Waals surface area contributed by atoms with Crippen LogP contribution in [0.3, 0.4) is 0 Å². The van der Waals surface area contributed by atoms with Gasteiger partial charge >= 0.3 is 5.97 Å². The molecular formula is C17H14N6O3S. The van der Waals surface area contributed by atoms with E-state index in [9.17, 15) is 9.59 Å². The fourth-order valence-corrected chi connectivity index (χ4v) is 2.75. The van der Waals surface area contributed by atoms with Gasteiger partial charge in [-0.25, -0.2) is 4.79 Å². The molecule has 3 aromatic rings. The van der Waals surface area contributed by atoms with Crippen LogP contribution in [0, 0.1) is 11.3 Å². The maximum atomic E-state index is 11.8. The third kappa shape index (κ3) is 5.20. The van der Waals surface area contributed by atoms with E-state index in [4.69, 9.17) is 10.00 Å². The fraction of sp³-hybridized carbons (Fsp3) is 0.176. The SMILES string of the molecule is N#CCc1ccc(NC(=O)COC(=O)Cn2nnc(-c3ccsc3)n2)cc1. The highest BCUT2D eigenvalue weighted by molar-refractivity contribution is 7.08. The smallest absolute Gasteiger partial charge is 0.330 e. The molecule has 0 bridgehead atoms. The monoisotopic (exact) mass is 382 g/mol. The molecule has 0 atom stereocenters. The Bertz CT molecular complexity index is 959. The Labute approximate surface area is 158 Å². The number of esters is 1. The first-order chi connectivity index (χ1) is 13.1. The number of aromatic nitrogens is 4. The number of benzene rings is 1. The maximum absolute atomic E-state index is 11.8. The molecule has 9 nitrogen and oxygen atoms in total. The second-order valence-electron chi connectivity index (χ2n) is 5.40. The van der Waals surface area contributed by atoms with Gasteiger partial charge in [-0.1, -0.05) is 12.1 Å². The number of thiophene rings is 1. The minimum atomic E-state index is -0.649. The number of hydrogen-bond acceptors (Lipinski definition) is 8. The summed E-state index contributed by atoms with van der Waals surface area (Å²) in [6.45, 7) is -0.669. The van der Waals surface area contributed by atoms with Crippen molar-refractivity contribution in [2.45, 2.75) is 13.0 Å². The Hall–Kier alpha value is -3.58. The van der Waals surface area contributed by atoms with E-state index in [-0.39, 0.29) is 6.54 Å². The molecule has 2 heterocycles. The summed E-state index contributed by atoms with van der Waals surface area (Å²) in [5.74, 6) is -0.702. The van der Waals surface area contributed by atoms with Gasteiger partial charge in [0.2, 0.25) is 5.82 Å². The molecule has 0 fully saturated rings. The third-order valence-corrected chi connectivity index (χ3v) is 4.07. The lowest BCUT2D eigenvalue weighted by molar-refractivity contribution is -0.148. The van der Waals surface area contributed by atoms with Gasteiger partial charge in [-0.2, -0.15) is 21.4 Å². The standard InChI is InChI=1S/C17H14N6O3S/c18-7-5-12-1-3-14(4-2-12)19-15(24)10-26-16(25)9-23-21-17(20-22-23)13-6-8-27-11-13/h1-4,6,8,11H,5,9-10H2,(H,19,24). The maximum Gasteiger partial charge on any atom is 0.330 e. The van der Waals surface area contributed by atoms with Gasteiger partial charge in [-0.05, 0) is 34.4 Å². The van der Waals surface area contributed by atoms with Gasteiger partial charge in [-0.3, -0.25) is 4.79 Å². The molecule has 0 aliphatic rings. The van der Waals surface area contributed by atoms with Crippen molar-refractivity contribution in [1.82, 2.24) is 20.2 Å². The number of hydrogen-bond donors (Lipinski definition) is 1. The van der Waals surface area contributed by atoms with Gasteiger partial charge < -0.3 is 10.1 Å². The van der Waals surface area contributed by atoms with E-state index >= 15 is 0 Å². The number of carbonyl (C=O) groups excluding carboxylic acids is 2. The van der Waals surface area contributed by atoms with Crippen molar-refractivity contribution < 1.29 is 14.3 Å². The zero-order chi connectivity index (χ0) is 19.1. The number of amides is 1. The molecule has 0 saturated heterocycles. The number of nitriles is 1. The Morgan fingerprint density at radius 2 is 2.07 bits per heavy atom. The molecule has 10 heteroatoms. The lowest BCUT2D eigenvalue weighted by Gasteiger charge is -2.06. The van der Waals surface area contributed by atoms with Crippen LogP contribution in [0.2, 0.25) is 0 Å². The van der Waals surface area contributed by atoms with Crippen LogP contribution in [-0.4, -0.2) is 38.7 Å². The largest absolute Gasteiger partial charge is 0.454 e. The van der Waals surface area contributed by atoms with Crippen LogP contribution in [0.25, 0.3) is 11.4 Å². The number of ether oxygens (including phenoxy) is 1. The Kier molecular flexibility index (Phi) is 5.86. The number of nitrogens with one attached hydrogen (secondary N) is 1. The number of nitrogens with zero attached hydrogens (tertiary/aromatic N) is 5. The second-order valence-corrected chi connectivity index (χ2v) is 6.18. The van der Waals surface area contributed by atoms with Crippen LogP contribution in [0.5, 0.6) is 0 Å². The highest BCUT2D eigenvalue weighted by Crippen LogP contribution is 2.16. The normalized spacial score (nSPS) is 10.2. The lowest BCUT2D eigenvalue weighted by Crippen LogP contribution is -2.23. The van der Waals surface area contributed by atoms with Crippen molar-refractivity contribution in [3.63, 3.8) is 0 Å².